The molecule has 0 aliphatic rings. The van der Waals surface area contributed by atoms with Crippen molar-refractivity contribution in [1.29, 1.82) is 0 Å². The molecule has 0 unspecified atom stereocenters. The fraction of sp³-hybridized carbons (Fsp3) is 0.818. The van der Waals surface area contributed by atoms with E-state index in [0.717, 1.165) is 0 Å². The molecule has 4 nitrogen and oxygen atoms in total. The average Bonchev–Trinajstić information content (AvgIpc) is 2.16. The lowest BCUT2D eigenvalue weighted by Crippen LogP contribution is -2.42. The van der Waals surface area contributed by atoms with Gasteiger partial charge in [-0.3, -0.25) is 9.59 Å². The maximum Gasteiger partial charge on any atom is 0.237 e. The molecular weight excluding hydrogens is 192 g/mol. The Morgan fingerprint density at radius 3 is 2.07 bits per heavy atom. The molecular formula is C11H24N2O2. The summed E-state index contributed by atoms with van der Waals surface area (Å²) >= 11 is 0. The molecule has 0 aromatic carbocycles. The Morgan fingerprint density at radius 1 is 1.27 bits per heavy atom. The van der Waals surface area contributed by atoms with Gasteiger partial charge in [0.2, 0.25) is 5.91 Å². The van der Waals surface area contributed by atoms with Crippen molar-refractivity contribution in [3.8, 4) is 0 Å². The van der Waals surface area contributed by atoms with E-state index in [-0.39, 0.29) is 18.2 Å². The zero-order chi connectivity index (χ0) is 12.4. The average molecular weight is 216 g/mol. The van der Waals surface area contributed by atoms with Gasteiger partial charge in [-0.25, -0.2) is 0 Å². The molecule has 0 bridgehead atoms. The molecule has 4 heteroatoms. The van der Waals surface area contributed by atoms with E-state index in [1.165, 1.54) is 6.92 Å². The van der Waals surface area contributed by atoms with Gasteiger partial charge in [0.25, 0.3) is 0 Å². The van der Waals surface area contributed by atoms with Crippen LogP contribution in [0.1, 0.15) is 41.0 Å². The largest absolute Gasteiger partial charge is 0.348 e. The topological polar surface area (TPSA) is 72.2 Å². The van der Waals surface area contributed by atoms with Crippen molar-refractivity contribution in [1.82, 2.24) is 5.32 Å². The van der Waals surface area contributed by atoms with E-state index in [0.29, 0.717) is 12.3 Å². The van der Waals surface area contributed by atoms with Crippen molar-refractivity contribution < 1.29 is 9.59 Å². The second-order valence-corrected chi connectivity index (χ2v) is 3.66. The number of carbonyl (C=O) groups excluding carboxylic acids is 2. The highest BCUT2D eigenvalue weighted by Crippen LogP contribution is 2.01. The standard InChI is InChI=1S/C9H18N2O2.C2H6/c1-6(2)4-8(10)9(13)11-5-7(3)12;1-2/h6,8H,4-5,10H2,1-3H3,(H,11,13);1-2H3/t8-;/m0./s1. The second kappa shape index (κ2) is 9.65. The minimum absolute atomic E-state index is 0.0647. The molecule has 0 aromatic rings. The van der Waals surface area contributed by atoms with Gasteiger partial charge in [0.05, 0.1) is 12.6 Å². The Bertz CT molecular complexity index is 191. The van der Waals surface area contributed by atoms with Gasteiger partial charge >= 0.3 is 0 Å². The summed E-state index contributed by atoms with van der Waals surface area (Å²) in [5, 5.41) is 2.47. The normalized spacial score (nSPS) is 11.4. The second-order valence-electron chi connectivity index (χ2n) is 3.66. The highest BCUT2D eigenvalue weighted by molar-refractivity contribution is 5.87. The lowest BCUT2D eigenvalue weighted by atomic mass is 10.0. The number of rotatable bonds is 5. The molecule has 1 amide bonds. The minimum Gasteiger partial charge on any atom is -0.348 e. The molecule has 3 N–H and O–H groups in total. The molecule has 90 valence electrons. The first kappa shape index (κ1) is 16.5. The Labute approximate surface area is 92.6 Å². The SMILES string of the molecule is CC.CC(=O)CNC(=O)[C@@H](N)CC(C)C. The number of nitrogens with one attached hydrogen (secondary N) is 1. The van der Waals surface area contributed by atoms with Crippen LogP contribution in [0.4, 0.5) is 0 Å². The van der Waals surface area contributed by atoms with Crippen LogP contribution in [0.25, 0.3) is 0 Å². The molecule has 0 heterocycles. The van der Waals surface area contributed by atoms with Gasteiger partial charge in [0, 0.05) is 0 Å². The zero-order valence-corrected chi connectivity index (χ0v) is 10.5. The maximum absolute atomic E-state index is 11.2. The van der Waals surface area contributed by atoms with Crippen LogP contribution in [0.3, 0.4) is 0 Å². The van der Waals surface area contributed by atoms with Crippen LogP contribution in [0.5, 0.6) is 0 Å². The number of Topliss-reactive ketones (excluding diaryl/α,β-unsaturated/α-hetero) is 1. The number of amides is 1. The van der Waals surface area contributed by atoms with E-state index in [1.807, 2.05) is 27.7 Å². The predicted octanol–water partition coefficient (Wildman–Crippen LogP) is 1.09. The Kier molecular flexibility index (Phi) is 10.6. The summed E-state index contributed by atoms with van der Waals surface area (Å²) < 4.78 is 0. The number of carbonyl (C=O) groups is 2. The van der Waals surface area contributed by atoms with Crippen molar-refractivity contribution >= 4 is 11.7 Å². The van der Waals surface area contributed by atoms with Crippen LogP contribution in [0, 0.1) is 5.92 Å². The summed E-state index contributed by atoms with van der Waals surface area (Å²) in [5.41, 5.74) is 5.58. The Hall–Kier alpha value is -0.900. The van der Waals surface area contributed by atoms with Crippen molar-refractivity contribution in [2.24, 2.45) is 11.7 Å². The van der Waals surface area contributed by atoms with Gasteiger partial charge in [-0.05, 0) is 19.3 Å². The predicted molar refractivity (Wildman–Crippen MR) is 62.5 cm³/mol. The van der Waals surface area contributed by atoms with Gasteiger partial charge < -0.3 is 11.1 Å². The molecule has 0 rings (SSSR count). The summed E-state index contributed by atoms with van der Waals surface area (Å²) in [6.45, 7) is 9.50. The van der Waals surface area contributed by atoms with Crippen LogP contribution >= 0.6 is 0 Å². The highest BCUT2D eigenvalue weighted by atomic mass is 16.2. The van der Waals surface area contributed by atoms with Gasteiger partial charge in [0.15, 0.2) is 0 Å². The maximum atomic E-state index is 11.2. The quantitative estimate of drug-likeness (QED) is 0.722. The molecule has 0 fully saturated rings. The Morgan fingerprint density at radius 2 is 1.73 bits per heavy atom. The van der Waals surface area contributed by atoms with E-state index >= 15 is 0 Å². The molecule has 0 saturated heterocycles. The van der Waals surface area contributed by atoms with Crippen molar-refractivity contribution in [3.63, 3.8) is 0 Å². The first-order chi connectivity index (χ1) is 6.93. The first-order valence-electron chi connectivity index (χ1n) is 5.46. The molecule has 0 aliphatic carbocycles. The van der Waals surface area contributed by atoms with Crippen LogP contribution in [0.2, 0.25) is 0 Å². The Balaban J connectivity index is 0. The third kappa shape index (κ3) is 11.0. The lowest BCUT2D eigenvalue weighted by molar-refractivity contribution is -0.125. The molecule has 0 saturated carbocycles. The molecule has 1 atom stereocenters. The highest BCUT2D eigenvalue weighted by Gasteiger charge is 2.14. The van der Waals surface area contributed by atoms with Gasteiger partial charge in [-0.2, -0.15) is 0 Å². The van der Waals surface area contributed by atoms with Crippen LogP contribution < -0.4 is 11.1 Å². The molecule has 15 heavy (non-hydrogen) atoms. The summed E-state index contributed by atoms with van der Waals surface area (Å²) in [6.07, 6.45) is 0.643. The number of hydrogen-bond acceptors (Lipinski definition) is 3. The van der Waals surface area contributed by atoms with E-state index in [4.69, 9.17) is 5.73 Å². The van der Waals surface area contributed by atoms with Gasteiger partial charge in [-0.1, -0.05) is 27.7 Å². The molecule has 0 spiro atoms. The van der Waals surface area contributed by atoms with E-state index < -0.39 is 6.04 Å². The third-order valence-corrected chi connectivity index (χ3v) is 1.57. The molecule has 0 radical (unpaired) electrons. The zero-order valence-electron chi connectivity index (χ0n) is 10.5. The monoisotopic (exact) mass is 216 g/mol. The number of nitrogens with two attached hydrogens (primary N) is 1. The summed E-state index contributed by atoms with van der Waals surface area (Å²) in [5.74, 6) is 0.0760. The third-order valence-electron chi connectivity index (χ3n) is 1.57. The van der Waals surface area contributed by atoms with Crippen molar-refractivity contribution in [2.45, 2.75) is 47.1 Å². The van der Waals surface area contributed by atoms with Crippen molar-refractivity contribution in [3.05, 3.63) is 0 Å². The first-order valence-corrected chi connectivity index (χ1v) is 5.46. The van der Waals surface area contributed by atoms with E-state index in [2.05, 4.69) is 5.32 Å². The van der Waals surface area contributed by atoms with E-state index in [9.17, 15) is 9.59 Å². The number of hydrogen-bond donors (Lipinski definition) is 2. The molecule has 0 aliphatic heterocycles. The fourth-order valence-corrected chi connectivity index (χ4v) is 0.958. The lowest BCUT2D eigenvalue weighted by Gasteiger charge is -2.13. The smallest absolute Gasteiger partial charge is 0.237 e. The fourth-order valence-electron chi connectivity index (χ4n) is 0.958. The summed E-state index contributed by atoms with van der Waals surface area (Å²) in [7, 11) is 0. The van der Waals surface area contributed by atoms with Crippen LogP contribution in [0.15, 0.2) is 0 Å². The van der Waals surface area contributed by atoms with Crippen molar-refractivity contribution in [2.75, 3.05) is 6.54 Å². The van der Waals surface area contributed by atoms with Crippen LogP contribution in [-0.2, 0) is 9.59 Å². The summed E-state index contributed by atoms with van der Waals surface area (Å²) in [4.78, 5) is 21.7. The molecule has 0 aromatic heterocycles. The van der Waals surface area contributed by atoms with Gasteiger partial charge in [0.1, 0.15) is 5.78 Å². The number of ketones is 1. The van der Waals surface area contributed by atoms with Gasteiger partial charge in [-0.15, -0.1) is 0 Å². The summed E-state index contributed by atoms with van der Waals surface area (Å²) in [6, 6.07) is -0.501. The minimum atomic E-state index is -0.501. The van der Waals surface area contributed by atoms with E-state index in [1.54, 1.807) is 0 Å². The van der Waals surface area contributed by atoms with Crippen LogP contribution in [-0.4, -0.2) is 24.3 Å².